The van der Waals surface area contributed by atoms with Crippen LogP contribution in [0.4, 0.5) is 0 Å². The first-order valence-electron chi connectivity index (χ1n) is 7.21. The average Bonchev–Trinajstić information content (AvgIpc) is 2.45. The van der Waals surface area contributed by atoms with Crippen LogP contribution in [0.5, 0.6) is 0 Å². The van der Waals surface area contributed by atoms with Crippen molar-refractivity contribution in [2.24, 2.45) is 0 Å². The summed E-state index contributed by atoms with van der Waals surface area (Å²) in [5.74, 6) is 0.0972. The second-order valence-corrected chi connectivity index (χ2v) is 5.95. The second-order valence-electron chi connectivity index (χ2n) is 5.13. The van der Waals surface area contributed by atoms with E-state index in [-0.39, 0.29) is 5.78 Å². The van der Waals surface area contributed by atoms with Gasteiger partial charge in [-0.2, -0.15) is 0 Å². The Kier molecular flexibility index (Phi) is 7.57. The summed E-state index contributed by atoms with van der Waals surface area (Å²) in [7, 11) is 0. The van der Waals surface area contributed by atoms with Gasteiger partial charge < -0.3 is 0 Å². The summed E-state index contributed by atoms with van der Waals surface area (Å²) in [6.45, 7) is 7.87. The van der Waals surface area contributed by atoms with E-state index in [1.165, 1.54) is 0 Å². The largest absolute Gasteiger partial charge is 0.293 e. The van der Waals surface area contributed by atoms with Crippen molar-refractivity contribution in [3.05, 3.63) is 33.8 Å². The Morgan fingerprint density at radius 3 is 2.50 bits per heavy atom. The maximum absolute atomic E-state index is 12.4. The molecule has 20 heavy (non-hydrogen) atoms. The summed E-state index contributed by atoms with van der Waals surface area (Å²) < 4.78 is 0. The van der Waals surface area contributed by atoms with Crippen LogP contribution < -0.4 is 0 Å². The van der Waals surface area contributed by atoms with Crippen LogP contribution in [0, 0.1) is 0 Å². The number of benzene rings is 1. The van der Waals surface area contributed by atoms with Crippen LogP contribution in [-0.4, -0.2) is 29.8 Å². The monoisotopic (exact) mass is 315 g/mol. The van der Waals surface area contributed by atoms with E-state index in [0.717, 1.165) is 25.8 Å². The Hall–Kier alpha value is -0.570. The topological polar surface area (TPSA) is 20.3 Å². The molecule has 1 aromatic rings. The first-order chi connectivity index (χ1) is 9.49. The van der Waals surface area contributed by atoms with E-state index < -0.39 is 0 Å². The van der Waals surface area contributed by atoms with E-state index >= 15 is 0 Å². The normalized spacial score (nSPS) is 12.7. The van der Waals surface area contributed by atoms with Gasteiger partial charge in [0.15, 0.2) is 5.78 Å². The number of ketones is 1. The highest BCUT2D eigenvalue weighted by atomic mass is 35.5. The predicted molar refractivity (Wildman–Crippen MR) is 87.0 cm³/mol. The number of halogens is 2. The number of rotatable bonds is 8. The third kappa shape index (κ3) is 5.08. The SMILES string of the molecule is CCCCN(CC(=O)c1ccc(Cl)c(Cl)c1)C(C)CC. The lowest BCUT2D eigenvalue weighted by Gasteiger charge is -2.27. The van der Waals surface area contributed by atoms with Gasteiger partial charge in [-0.25, -0.2) is 0 Å². The Balaban J connectivity index is 2.76. The van der Waals surface area contributed by atoms with Crippen molar-refractivity contribution in [3.63, 3.8) is 0 Å². The van der Waals surface area contributed by atoms with Gasteiger partial charge in [0.2, 0.25) is 0 Å². The lowest BCUT2D eigenvalue weighted by molar-refractivity contribution is 0.0894. The molecular formula is C16H23Cl2NO. The van der Waals surface area contributed by atoms with E-state index in [0.29, 0.717) is 28.2 Å². The zero-order valence-corrected chi connectivity index (χ0v) is 14.0. The standard InChI is InChI=1S/C16H23Cl2NO/c1-4-6-9-19(12(3)5-2)11-16(20)13-7-8-14(17)15(18)10-13/h7-8,10,12H,4-6,9,11H2,1-3H3. The molecule has 0 aliphatic heterocycles. The first-order valence-corrected chi connectivity index (χ1v) is 7.97. The minimum Gasteiger partial charge on any atom is -0.293 e. The first kappa shape index (κ1) is 17.5. The number of hydrogen-bond acceptors (Lipinski definition) is 2. The van der Waals surface area contributed by atoms with E-state index in [4.69, 9.17) is 23.2 Å². The highest BCUT2D eigenvalue weighted by Gasteiger charge is 2.17. The summed E-state index contributed by atoms with van der Waals surface area (Å²) in [4.78, 5) is 14.6. The molecule has 0 heterocycles. The summed E-state index contributed by atoms with van der Waals surface area (Å²) in [6, 6.07) is 5.48. The fourth-order valence-electron chi connectivity index (χ4n) is 2.02. The maximum Gasteiger partial charge on any atom is 0.176 e. The minimum atomic E-state index is 0.0972. The van der Waals surface area contributed by atoms with Gasteiger partial charge in [0, 0.05) is 11.6 Å². The van der Waals surface area contributed by atoms with Crippen LogP contribution in [0.15, 0.2) is 18.2 Å². The van der Waals surface area contributed by atoms with E-state index in [1.807, 2.05) is 0 Å². The fourth-order valence-corrected chi connectivity index (χ4v) is 2.32. The van der Waals surface area contributed by atoms with Crippen LogP contribution in [0.2, 0.25) is 10.0 Å². The van der Waals surface area contributed by atoms with Crippen LogP contribution >= 0.6 is 23.2 Å². The molecule has 0 aliphatic carbocycles. The van der Waals surface area contributed by atoms with Crippen LogP contribution in [0.3, 0.4) is 0 Å². The van der Waals surface area contributed by atoms with Crippen molar-refractivity contribution in [2.45, 2.75) is 46.1 Å². The van der Waals surface area contributed by atoms with Crippen molar-refractivity contribution in [1.29, 1.82) is 0 Å². The van der Waals surface area contributed by atoms with Crippen molar-refractivity contribution in [1.82, 2.24) is 4.90 Å². The van der Waals surface area contributed by atoms with Crippen LogP contribution in [0.25, 0.3) is 0 Å². The van der Waals surface area contributed by atoms with Gasteiger partial charge in [0.1, 0.15) is 0 Å². The Morgan fingerprint density at radius 1 is 1.25 bits per heavy atom. The molecule has 0 amide bonds. The molecule has 0 bridgehead atoms. The third-order valence-electron chi connectivity index (χ3n) is 3.60. The van der Waals surface area contributed by atoms with Crippen molar-refractivity contribution in [3.8, 4) is 0 Å². The minimum absolute atomic E-state index is 0.0972. The Morgan fingerprint density at radius 2 is 1.95 bits per heavy atom. The van der Waals surface area contributed by atoms with E-state index in [9.17, 15) is 4.79 Å². The molecule has 0 aliphatic rings. The van der Waals surface area contributed by atoms with Crippen molar-refractivity contribution in [2.75, 3.05) is 13.1 Å². The molecule has 0 saturated heterocycles. The number of carbonyl (C=O) groups excluding carboxylic acids is 1. The number of carbonyl (C=O) groups is 1. The van der Waals surface area contributed by atoms with Crippen LogP contribution in [0.1, 0.15) is 50.4 Å². The van der Waals surface area contributed by atoms with Gasteiger partial charge in [-0.3, -0.25) is 9.69 Å². The van der Waals surface area contributed by atoms with E-state index in [1.54, 1.807) is 18.2 Å². The molecule has 0 spiro atoms. The molecule has 0 fully saturated rings. The highest BCUT2D eigenvalue weighted by molar-refractivity contribution is 6.42. The molecule has 4 heteroatoms. The molecule has 1 rings (SSSR count). The van der Waals surface area contributed by atoms with Gasteiger partial charge in [0.05, 0.1) is 16.6 Å². The number of Topliss-reactive ketones (excluding diaryl/α,β-unsaturated/α-hetero) is 1. The van der Waals surface area contributed by atoms with Gasteiger partial charge in [-0.1, -0.05) is 43.5 Å². The third-order valence-corrected chi connectivity index (χ3v) is 4.34. The van der Waals surface area contributed by atoms with Gasteiger partial charge in [-0.05, 0) is 44.5 Å². The zero-order chi connectivity index (χ0) is 15.1. The molecule has 0 saturated carbocycles. The summed E-state index contributed by atoms with van der Waals surface area (Å²) >= 11 is 11.8. The maximum atomic E-state index is 12.4. The van der Waals surface area contributed by atoms with E-state index in [2.05, 4.69) is 25.7 Å². The lowest BCUT2D eigenvalue weighted by Crippen LogP contribution is -2.37. The highest BCUT2D eigenvalue weighted by Crippen LogP contribution is 2.23. The lowest BCUT2D eigenvalue weighted by atomic mass is 10.1. The van der Waals surface area contributed by atoms with Gasteiger partial charge >= 0.3 is 0 Å². The van der Waals surface area contributed by atoms with Crippen LogP contribution in [-0.2, 0) is 0 Å². The Bertz CT molecular complexity index is 448. The Labute approximate surface area is 132 Å². The molecule has 2 nitrogen and oxygen atoms in total. The van der Waals surface area contributed by atoms with Gasteiger partial charge in [0.25, 0.3) is 0 Å². The summed E-state index contributed by atoms with van der Waals surface area (Å²) in [6.07, 6.45) is 3.28. The average molecular weight is 316 g/mol. The molecule has 0 N–H and O–H groups in total. The number of nitrogens with zero attached hydrogens (tertiary/aromatic N) is 1. The molecule has 1 aromatic carbocycles. The predicted octanol–water partition coefficient (Wildman–Crippen LogP) is 5.08. The molecule has 112 valence electrons. The molecular weight excluding hydrogens is 293 g/mol. The quantitative estimate of drug-likeness (QED) is 0.624. The second kappa shape index (κ2) is 8.66. The number of unbranched alkanes of at least 4 members (excludes halogenated alkanes) is 1. The smallest absolute Gasteiger partial charge is 0.176 e. The molecule has 0 aromatic heterocycles. The molecule has 0 radical (unpaired) electrons. The van der Waals surface area contributed by atoms with Crippen molar-refractivity contribution >= 4 is 29.0 Å². The summed E-state index contributed by atoms with van der Waals surface area (Å²) in [5, 5.41) is 0.911. The summed E-state index contributed by atoms with van der Waals surface area (Å²) in [5.41, 5.74) is 0.629. The molecule has 1 atom stereocenters. The fraction of sp³-hybridized carbons (Fsp3) is 0.562. The van der Waals surface area contributed by atoms with Gasteiger partial charge in [-0.15, -0.1) is 0 Å². The number of hydrogen-bond donors (Lipinski definition) is 0. The zero-order valence-electron chi connectivity index (χ0n) is 12.5. The van der Waals surface area contributed by atoms with Crippen molar-refractivity contribution < 1.29 is 4.79 Å². The molecule has 1 unspecified atom stereocenters.